The maximum absolute atomic E-state index is 10.7. The van der Waals surface area contributed by atoms with Gasteiger partial charge in [0, 0.05) is 16.7 Å². The van der Waals surface area contributed by atoms with Gasteiger partial charge in [-0.05, 0) is 10.3 Å². The molecule has 11 heteroatoms. The van der Waals surface area contributed by atoms with Gasteiger partial charge in [-0.3, -0.25) is 4.79 Å². The second-order valence-electron chi connectivity index (χ2n) is 6.47. The summed E-state index contributed by atoms with van der Waals surface area (Å²) < 4.78 is 4.47. The molecule has 0 radical (unpaired) electrons. The fourth-order valence-corrected chi connectivity index (χ4v) is 2.55. The van der Waals surface area contributed by atoms with E-state index in [-0.39, 0.29) is 11.5 Å². The van der Waals surface area contributed by atoms with Gasteiger partial charge in [0.1, 0.15) is 6.07 Å². The third-order valence-corrected chi connectivity index (χ3v) is 4.20. The molecule has 3 aromatic carbocycles. The second-order valence-corrected chi connectivity index (χ2v) is 6.47. The van der Waals surface area contributed by atoms with Crippen LogP contribution in [0, 0.1) is 11.3 Å². The van der Waals surface area contributed by atoms with Crippen LogP contribution in [0.4, 0.5) is 5.82 Å². The number of nitrogen functional groups attached to an aromatic ring is 1. The molecule has 0 aliphatic rings. The molecule has 35 heavy (non-hydrogen) atoms. The predicted molar refractivity (Wildman–Crippen MR) is 129 cm³/mol. The lowest BCUT2D eigenvalue weighted by atomic mass is 10.1. The highest BCUT2D eigenvalue weighted by Gasteiger charge is 2.08. The number of hydrogen-bond donors (Lipinski definition) is 4. The van der Waals surface area contributed by atoms with Gasteiger partial charge in [0.05, 0.1) is 0 Å². The zero-order valence-electron chi connectivity index (χ0n) is 18.3. The zero-order chi connectivity index (χ0) is 25.5. The number of hydrogen-bond acceptors (Lipinski definition) is 10. The monoisotopic (exact) mass is 471 g/mol. The minimum atomic E-state index is -0.486. The number of rotatable bonds is 4. The highest BCUT2D eigenvalue weighted by molar-refractivity contribution is 6.46. The van der Waals surface area contributed by atoms with E-state index in [0.29, 0.717) is 22.6 Å². The Morgan fingerprint density at radius 1 is 0.829 bits per heavy atom. The lowest BCUT2D eigenvalue weighted by molar-refractivity contribution is 0.105. The molecular weight excluding hydrogens is 450 g/mol. The molecule has 0 atom stereocenters. The zero-order valence-corrected chi connectivity index (χ0v) is 18.3. The van der Waals surface area contributed by atoms with Crippen LogP contribution in [0.25, 0.3) is 11.3 Å². The largest absolute Gasteiger partial charge is 0.410 e. The van der Waals surface area contributed by atoms with E-state index in [1.54, 1.807) is 60.7 Å². The number of nitrogens with two attached hydrogens (primary N) is 2. The summed E-state index contributed by atoms with van der Waals surface area (Å²) in [7, 11) is 0. The first kappa shape index (κ1) is 25.8. The van der Waals surface area contributed by atoms with Gasteiger partial charge in [0.15, 0.2) is 23.1 Å². The topological polar surface area (TPSA) is 197 Å². The molecule has 0 amide bonds. The Morgan fingerprint density at radius 2 is 1.34 bits per heavy atom. The Morgan fingerprint density at radius 3 is 1.77 bits per heavy atom. The maximum Gasteiger partial charge on any atom is 0.262 e. The number of Topliss-reactive ketones (excluding diaryl/α,β-unsaturated/α-hetero) is 1. The van der Waals surface area contributed by atoms with Crippen LogP contribution in [-0.4, -0.2) is 38.1 Å². The molecule has 0 bridgehead atoms. The van der Waals surface area contributed by atoms with E-state index in [9.17, 15) is 4.79 Å². The lowest BCUT2D eigenvalue weighted by Crippen LogP contribution is -2.24. The molecule has 4 rings (SSSR count). The van der Waals surface area contributed by atoms with Crippen molar-refractivity contribution >= 4 is 23.1 Å². The van der Waals surface area contributed by atoms with Crippen molar-refractivity contribution in [1.29, 1.82) is 5.26 Å². The molecule has 0 aliphatic carbocycles. The van der Waals surface area contributed by atoms with Crippen LogP contribution >= 0.6 is 0 Å². The first-order valence-corrected chi connectivity index (χ1v) is 9.90. The summed E-state index contributed by atoms with van der Waals surface area (Å²) in [5.41, 5.74) is 13.4. The summed E-state index contributed by atoms with van der Waals surface area (Å²) in [6, 6.07) is 28.3. The normalized spacial score (nSPS) is 10.6. The van der Waals surface area contributed by atoms with Crippen LogP contribution in [0.1, 0.15) is 15.9 Å². The molecule has 0 aliphatic heterocycles. The van der Waals surface area contributed by atoms with Crippen molar-refractivity contribution in [2.45, 2.75) is 0 Å². The molecule has 0 fully saturated rings. The Hall–Kier alpha value is -5.50. The van der Waals surface area contributed by atoms with Gasteiger partial charge in [0.25, 0.3) is 5.78 Å². The summed E-state index contributed by atoms with van der Waals surface area (Å²) >= 11 is 0. The highest BCUT2D eigenvalue weighted by atomic mass is 16.6. The standard InChI is InChI=1S/C8H9N3O2.C8H7N3O.C8H5NO/c9-8(11-13)7(10-12)6-4-2-1-3-5-6;9-8-7(10-12-11-8)6-4-2-1-3-5-6;9-6-8(10)7-4-2-1-3-5-7/h1-5,12-13H,(H2,9,11);1-5H,(H2,9,11);1-5H/b10-7-;;. The van der Waals surface area contributed by atoms with Crippen LogP contribution < -0.4 is 11.5 Å². The van der Waals surface area contributed by atoms with E-state index in [4.69, 9.17) is 27.1 Å². The Balaban J connectivity index is 0.000000187. The predicted octanol–water partition coefficient (Wildman–Crippen LogP) is 3.32. The number of nitrogens with zero attached hydrogens (tertiary/aromatic N) is 5. The molecule has 0 saturated carbocycles. The van der Waals surface area contributed by atoms with Gasteiger partial charge in [-0.2, -0.15) is 5.26 Å². The highest BCUT2D eigenvalue weighted by Crippen LogP contribution is 2.20. The van der Waals surface area contributed by atoms with Gasteiger partial charge in [0.2, 0.25) is 0 Å². The van der Waals surface area contributed by atoms with Gasteiger partial charge in [-0.1, -0.05) is 101 Å². The first-order chi connectivity index (χ1) is 17.0. The average molecular weight is 471 g/mol. The number of benzene rings is 3. The van der Waals surface area contributed by atoms with Crippen molar-refractivity contribution in [3.8, 4) is 17.3 Å². The minimum absolute atomic E-state index is 0.0445. The Labute approximate surface area is 200 Å². The fraction of sp³-hybridized carbons (Fsp3) is 0. The van der Waals surface area contributed by atoms with Crippen LogP contribution in [0.5, 0.6) is 0 Å². The number of anilines is 1. The van der Waals surface area contributed by atoms with Crippen LogP contribution in [0.2, 0.25) is 0 Å². The number of carbonyl (C=O) groups excluding carboxylic acids is 1. The summed E-state index contributed by atoms with van der Waals surface area (Å²) in [4.78, 5) is 10.7. The first-order valence-electron chi connectivity index (χ1n) is 9.90. The van der Waals surface area contributed by atoms with Gasteiger partial charge in [-0.25, -0.2) is 4.63 Å². The Kier molecular flexibility index (Phi) is 10.2. The molecule has 11 nitrogen and oxygen atoms in total. The molecule has 176 valence electrons. The van der Waals surface area contributed by atoms with E-state index in [0.717, 1.165) is 5.56 Å². The van der Waals surface area contributed by atoms with Gasteiger partial charge in [-0.15, -0.1) is 0 Å². The van der Waals surface area contributed by atoms with E-state index < -0.39 is 5.78 Å². The van der Waals surface area contributed by atoms with Crippen molar-refractivity contribution in [2.24, 2.45) is 16.0 Å². The molecule has 4 aromatic rings. The third kappa shape index (κ3) is 7.85. The van der Waals surface area contributed by atoms with Crippen molar-refractivity contribution in [3.63, 3.8) is 0 Å². The van der Waals surface area contributed by atoms with Crippen molar-refractivity contribution in [3.05, 3.63) is 102 Å². The second kappa shape index (κ2) is 13.8. The summed E-state index contributed by atoms with van der Waals surface area (Å²) in [6.07, 6.45) is 0. The number of nitriles is 1. The van der Waals surface area contributed by atoms with Gasteiger partial charge >= 0.3 is 0 Å². The van der Waals surface area contributed by atoms with Crippen molar-refractivity contribution in [1.82, 2.24) is 10.3 Å². The minimum Gasteiger partial charge on any atom is -0.410 e. The van der Waals surface area contributed by atoms with E-state index in [1.807, 2.05) is 36.4 Å². The molecule has 0 saturated heterocycles. The van der Waals surface area contributed by atoms with E-state index >= 15 is 0 Å². The lowest BCUT2D eigenvalue weighted by Gasteiger charge is -2.00. The summed E-state index contributed by atoms with van der Waals surface area (Å²) in [5, 5.41) is 38.0. The molecule has 1 heterocycles. The molecule has 1 aromatic heterocycles. The maximum atomic E-state index is 10.7. The molecular formula is C24H21N7O4. The smallest absolute Gasteiger partial charge is 0.262 e. The van der Waals surface area contributed by atoms with Crippen LogP contribution in [0.15, 0.2) is 106 Å². The number of carbonyl (C=O) groups is 1. The van der Waals surface area contributed by atoms with Gasteiger partial charge < -0.3 is 21.9 Å². The number of amidine groups is 1. The van der Waals surface area contributed by atoms with Crippen molar-refractivity contribution < 1.29 is 19.8 Å². The SMILES string of the molecule is N#CC(=O)c1ccccc1.NC(=N\O)/C(=N\O)c1ccccc1.Nc1nonc1-c1ccccc1. The van der Waals surface area contributed by atoms with E-state index in [2.05, 4.69) is 25.3 Å². The molecule has 0 unspecified atom stereocenters. The summed E-state index contributed by atoms with van der Waals surface area (Å²) in [5.74, 6) is -0.393. The number of ketones is 1. The fourth-order valence-electron chi connectivity index (χ4n) is 2.55. The molecule has 0 spiro atoms. The number of oxime groups is 2. The van der Waals surface area contributed by atoms with Crippen LogP contribution in [-0.2, 0) is 0 Å². The Bertz CT molecular complexity index is 1300. The van der Waals surface area contributed by atoms with E-state index in [1.165, 1.54) is 0 Å². The molecule has 6 N–H and O–H groups in total. The quantitative estimate of drug-likeness (QED) is 0.0861. The van der Waals surface area contributed by atoms with Crippen LogP contribution in [0.3, 0.4) is 0 Å². The van der Waals surface area contributed by atoms with Crippen molar-refractivity contribution in [2.75, 3.05) is 5.73 Å². The third-order valence-electron chi connectivity index (χ3n) is 4.20. The average Bonchev–Trinajstić information content (AvgIpc) is 3.36. The number of aromatic nitrogens is 2. The summed E-state index contributed by atoms with van der Waals surface area (Å²) in [6.45, 7) is 0.